The molecular formula is C45H51N11O5. The van der Waals surface area contributed by atoms with Crippen LogP contribution in [0.2, 0.25) is 0 Å². The van der Waals surface area contributed by atoms with Crippen LogP contribution in [0.25, 0.3) is 11.4 Å². The number of nitrogens with zero attached hydrogens (tertiary/aromatic N) is 10. The number of pyridine rings is 1. The Kier molecular flexibility index (Phi) is 11.2. The van der Waals surface area contributed by atoms with E-state index in [0.717, 1.165) is 86.1 Å². The highest BCUT2D eigenvalue weighted by Gasteiger charge is 2.31. The molecule has 0 atom stereocenters. The topological polar surface area (TPSA) is 190 Å². The van der Waals surface area contributed by atoms with E-state index in [1.54, 1.807) is 23.4 Å². The third-order valence-corrected chi connectivity index (χ3v) is 12.2. The smallest absolute Gasteiger partial charge is 0.272 e. The highest BCUT2D eigenvalue weighted by molar-refractivity contribution is 5.97. The second-order valence-corrected chi connectivity index (χ2v) is 16.7. The van der Waals surface area contributed by atoms with Gasteiger partial charge in [0.05, 0.1) is 36.6 Å². The summed E-state index contributed by atoms with van der Waals surface area (Å²) in [5, 5.41) is 20.8. The van der Waals surface area contributed by atoms with Crippen molar-refractivity contribution in [3.05, 3.63) is 111 Å². The number of aromatic hydroxyl groups is 2. The van der Waals surface area contributed by atoms with E-state index in [2.05, 4.69) is 47.9 Å². The molecule has 3 aromatic heterocycles. The van der Waals surface area contributed by atoms with Gasteiger partial charge in [0.2, 0.25) is 5.95 Å². The highest BCUT2D eigenvalue weighted by atomic mass is 16.5. The van der Waals surface area contributed by atoms with Crippen LogP contribution in [0.1, 0.15) is 79.7 Å². The minimum atomic E-state index is -0.242. The second kappa shape index (κ2) is 17.0. The van der Waals surface area contributed by atoms with Crippen LogP contribution in [0, 0.1) is 0 Å². The number of piperazine rings is 1. The van der Waals surface area contributed by atoms with Crippen molar-refractivity contribution in [2.75, 3.05) is 69.7 Å². The number of nitrogen functional groups attached to an aromatic ring is 1. The van der Waals surface area contributed by atoms with Gasteiger partial charge in [-0.1, -0.05) is 38.1 Å². The summed E-state index contributed by atoms with van der Waals surface area (Å²) in [5.74, 6) is 0.986. The first kappa shape index (κ1) is 40.2. The summed E-state index contributed by atoms with van der Waals surface area (Å²) < 4.78 is 5.60. The van der Waals surface area contributed by atoms with Gasteiger partial charge in [-0.2, -0.15) is 0 Å². The maximum Gasteiger partial charge on any atom is 0.272 e. The average Bonchev–Trinajstić information content (AvgIpc) is 3.70. The first-order chi connectivity index (χ1) is 29.6. The van der Waals surface area contributed by atoms with Crippen LogP contribution in [0.15, 0.2) is 61.1 Å². The highest BCUT2D eigenvalue weighted by Crippen LogP contribution is 2.35. The Bertz CT molecular complexity index is 2430. The molecule has 61 heavy (non-hydrogen) atoms. The summed E-state index contributed by atoms with van der Waals surface area (Å²) in [4.78, 5) is 60.7. The quantitative estimate of drug-likeness (QED) is 0.194. The summed E-state index contributed by atoms with van der Waals surface area (Å²) in [6.45, 7) is 13.7. The van der Waals surface area contributed by atoms with Crippen molar-refractivity contribution < 1.29 is 24.5 Å². The van der Waals surface area contributed by atoms with Crippen molar-refractivity contribution in [2.24, 2.45) is 0 Å². The summed E-state index contributed by atoms with van der Waals surface area (Å²) in [6.07, 6.45) is 5.70. The Hall–Kier alpha value is -6.23. The largest absolute Gasteiger partial charge is 0.508 e. The SMILES string of the molecule is CC(C)c1cc(C(=O)N2Cc3ccc(CN4CCN(Cc5ccc(C(=O)N6CCc7c(nc(-c8cnc(N)nc8)nc7N7CCOCC7)C6)nc5)CC4)cc3C2)c(O)cc1O. The lowest BCUT2D eigenvalue weighted by atomic mass is 9.98. The Morgan fingerprint density at radius 1 is 0.738 bits per heavy atom. The van der Waals surface area contributed by atoms with Crippen LogP contribution < -0.4 is 10.6 Å². The summed E-state index contributed by atoms with van der Waals surface area (Å²) in [5.41, 5.74) is 14.0. The number of morpholine rings is 1. The van der Waals surface area contributed by atoms with Gasteiger partial charge in [-0.05, 0) is 52.3 Å². The Morgan fingerprint density at radius 3 is 2.15 bits per heavy atom. The number of amides is 2. The Morgan fingerprint density at radius 2 is 1.44 bits per heavy atom. The minimum absolute atomic E-state index is 0.00231. The van der Waals surface area contributed by atoms with E-state index in [1.165, 1.54) is 11.6 Å². The first-order valence-corrected chi connectivity index (χ1v) is 21.0. The molecule has 16 nitrogen and oxygen atoms in total. The van der Waals surface area contributed by atoms with E-state index in [-0.39, 0.29) is 40.7 Å². The summed E-state index contributed by atoms with van der Waals surface area (Å²) in [6, 6.07) is 13.2. The molecule has 0 bridgehead atoms. The molecule has 4 aliphatic rings. The van der Waals surface area contributed by atoms with Gasteiger partial charge >= 0.3 is 0 Å². The van der Waals surface area contributed by atoms with Crippen LogP contribution in [-0.4, -0.2) is 126 Å². The number of hydrogen-bond acceptors (Lipinski definition) is 14. The molecule has 4 aliphatic heterocycles. The van der Waals surface area contributed by atoms with Crippen LogP contribution in [0.4, 0.5) is 11.8 Å². The Balaban J connectivity index is 0.782. The number of carbonyl (C=O) groups excluding carboxylic acids is 2. The monoisotopic (exact) mass is 825 g/mol. The lowest BCUT2D eigenvalue weighted by molar-refractivity contribution is 0.0723. The number of phenols is 2. The van der Waals surface area contributed by atoms with Crippen molar-refractivity contribution >= 4 is 23.6 Å². The lowest BCUT2D eigenvalue weighted by Crippen LogP contribution is -2.45. The van der Waals surface area contributed by atoms with Crippen molar-refractivity contribution in [1.29, 1.82) is 0 Å². The molecule has 16 heteroatoms. The zero-order valence-corrected chi connectivity index (χ0v) is 34.6. The predicted molar refractivity (Wildman–Crippen MR) is 228 cm³/mol. The standard InChI is InChI=1S/C45H51N11O5/c1-28(2)35-18-36(40(58)19-39(35)57)43(59)56-25-31-5-3-29(17-32(31)26-56)23-52-9-11-53(12-10-52)24-30-4-6-37(47-20-30)44(60)55-8-7-34-38(27-55)50-41(33-21-48-45(46)49-22-33)51-42(34)54-13-15-61-16-14-54/h3-6,17-22,28,57-58H,7-16,23-27H2,1-2H3,(H2,46,48,49). The molecule has 9 rings (SSSR count). The molecule has 0 unspecified atom stereocenters. The maximum atomic E-state index is 13.8. The van der Waals surface area contributed by atoms with Gasteiger partial charge in [0.15, 0.2) is 5.82 Å². The first-order valence-electron chi connectivity index (χ1n) is 21.0. The second-order valence-electron chi connectivity index (χ2n) is 16.7. The average molecular weight is 826 g/mol. The summed E-state index contributed by atoms with van der Waals surface area (Å²) >= 11 is 0. The van der Waals surface area contributed by atoms with E-state index in [4.69, 9.17) is 20.4 Å². The van der Waals surface area contributed by atoms with Gasteiger partial charge in [0.25, 0.3) is 11.8 Å². The fourth-order valence-electron chi connectivity index (χ4n) is 8.72. The number of benzene rings is 2. The molecule has 5 aromatic rings. The predicted octanol–water partition coefficient (Wildman–Crippen LogP) is 3.95. The van der Waals surface area contributed by atoms with Crippen molar-refractivity contribution in [3.8, 4) is 22.9 Å². The van der Waals surface area contributed by atoms with Crippen LogP contribution in [-0.2, 0) is 43.9 Å². The van der Waals surface area contributed by atoms with Crippen molar-refractivity contribution in [2.45, 2.75) is 58.9 Å². The fourth-order valence-corrected chi connectivity index (χ4v) is 8.72. The molecule has 0 aliphatic carbocycles. The van der Waals surface area contributed by atoms with E-state index >= 15 is 0 Å². The van der Waals surface area contributed by atoms with Crippen LogP contribution in [0.3, 0.4) is 0 Å². The molecule has 2 fully saturated rings. The van der Waals surface area contributed by atoms with Gasteiger partial charge in [0.1, 0.15) is 23.0 Å². The van der Waals surface area contributed by atoms with Crippen LogP contribution >= 0.6 is 0 Å². The number of anilines is 2. The Labute approximate surface area is 354 Å². The molecule has 2 saturated heterocycles. The lowest BCUT2D eigenvalue weighted by Gasteiger charge is -2.35. The minimum Gasteiger partial charge on any atom is -0.508 e. The van der Waals surface area contributed by atoms with Crippen LogP contribution in [0.5, 0.6) is 11.5 Å². The van der Waals surface area contributed by atoms with Gasteiger partial charge in [0, 0.05) is 102 Å². The number of carbonyl (C=O) groups is 2. The number of aromatic nitrogens is 5. The van der Waals surface area contributed by atoms with Crippen molar-refractivity contribution in [3.63, 3.8) is 0 Å². The molecule has 7 heterocycles. The van der Waals surface area contributed by atoms with E-state index in [1.807, 2.05) is 37.1 Å². The summed E-state index contributed by atoms with van der Waals surface area (Å²) in [7, 11) is 0. The van der Waals surface area contributed by atoms with E-state index < -0.39 is 0 Å². The number of rotatable bonds is 9. The molecule has 2 amide bonds. The number of fused-ring (bicyclic) bond motifs is 2. The van der Waals surface area contributed by atoms with Gasteiger partial charge in [-0.25, -0.2) is 19.9 Å². The molecule has 0 spiro atoms. The third-order valence-electron chi connectivity index (χ3n) is 12.2. The number of phenolic OH excluding ortho intramolecular Hbond substituents is 2. The molecule has 316 valence electrons. The third kappa shape index (κ3) is 8.56. The molecule has 2 aromatic carbocycles. The molecule has 0 saturated carbocycles. The van der Waals surface area contributed by atoms with E-state index in [9.17, 15) is 19.8 Å². The van der Waals surface area contributed by atoms with Gasteiger partial charge in [-0.15, -0.1) is 0 Å². The van der Waals surface area contributed by atoms with E-state index in [0.29, 0.717) is 68.5 Å². The van der Waals surface area contributed by atoms with Gasteiger partial charge < -0.3 is 35.4 Å². The zero-order valence-electron chi connectivity index (χ0n) is 34.6. The zero-order chi connectivity index (χ0) is 42.2. The number of nitrogens with two attached hydrogens (primary N) is 1. The maximum absolute atomic E-state index is 13.8. The fraction of sp³-hybridized carbons (Fsp3) is 0.400. The number of ether oxygens (including phenoxy) is 1. The van der Waals surface area contributed by atoms with Gasteiger partial charge in [-0.3, -0.25) is 24.4 Å². The van der Waals surface area contributed by atoms with Crippen molar-refractivity contribution in [1.82, 2.24) is 44.5 Å². The number of hydrogen-bond donors (Lipinski definition) is 3. The molecular weight excluding hydrogens is 775 g/mol. The molecule has 4 N–H and O–H groups in total. The molecule has 0 radical (unpaired) electrons. The normalized spacial score (nSPS) is 17.1.